The summed E-state index contributed by atoms with van der Waals surface area (Å²) in [6.07, 6.45) is -21.8. The van der Waals surface area contributed by atoms with Gasteiger partial charge >= 0.3 is 66.6 Å². The Morgan fingerprint density at radius 3 is 1.28 bits per heavy atom. The molecule has 2 aromatic rings. The minimum absolute atomic E-state index is 0. The molecule has 4 saturated heterocycles. The van der Waals surface area contributed by atoms with Crippen LogP contribution in [0.15, 0.2) is 45.3 Å². The van der Waals surface area contributed by atoms with Gasteiger partial charge in [0, 0.05) is 18.4 Å². The molecule has 4 fully saturated rings. The number of fused-ring (bicyclic) bond motifs is 2. The molecule has 34 heteroatoms. The van der Waals surface area contributed by atoms with Crippen molar-refractivity contribution in [2.45, 2.75) is 82.3 Å². The zero-order valence-corrected chi connectivity index (χ0v) is 49.8. The van der Waals surface area contributed by atoms with Gasteiger partial charge < -0.3 is 50.7 Å². The zero-order valence-electron chi connectivity index (χ0n) is 39.3. The van der Waals surface area contributed by atoms with Gasteiger partial charge in [-0.2, -0.15) is 66.5 Å². The van der Waals surface area contributed by atoms with Crippen LogP contribution in [0, 0.1) is 9.99 Å². The van der Waals surface area contributed by atoms with Crippen molar-refractivity contribution in [2.24, 2.45) is 0 Å². The number of hydrogen-bond acceptors (Lipinski definition) is 9. The van der Waals surface area contributed by atoms with Crippen LogP contribution < -0.4 is 43.7 Å². The first kappa shape index (κ1) is 80.6. The molecule has 0 atom stereocenters. The van der Waals surface area contributed by atoms with E-state index in [1.165, 1.54) is 18.5 Å². The fourth-order valence-corrected chi connectivity index (χ4v) is 7.74. The molecule has 75 heavy (non-hydrogen) atoms. The first-order valence-corrected chi connectivity index (χ1v) is 23.7. The number of nitrogens with zero attached hydrogens (tertiary/aromatic N) is 4. The maximum absolute atomic E-state index is 12.2. The molecule has 5 aliphatic rings. The topological polar surface area (TPSA) is 142 Å². The quantitative estimate of drug-likeness (QED) is 0.0818. The summed E-state index contributed by atoms with van der Waals surface area (Å²) in [6.45, 7) is 4.99. The fraction of sp³-hybridized carbons (Fsp3) is 0.512. The van der Waals surface area contributed by atoms with Gasteiger partial charge in [-0.25, -0.2) is 4.42 Å². The molecular formula is C41H41Br2Cl5F12ILiMgN4O8. The molecule has 5 heterocycles. The normalized spacial score (nSPS) is 15.6. The summed E-state index contributed by atoms with van der Waals surface area (Å²) in [7, 11) is 0. The van der Waals surface area contributed by atoms with E-state index < -0.39 is 79.0 Å². The first-order chi connectivity index (χ1) is 32.4. The molecular weight excluding hydrogens is 1400 g/mol. The summed E-state index contributed by atoms with van der Waals surface area (Å²) in [5.41, 5.74) is 2.55. The molecule has 7 rings (SSSR count). The molecule has 1 spiro atoms. The van der Waals surface area contributed by atoms with Gasteiger partial charge in [0.2, 0.25) is 23.0 Å². The van der Waals surface area contributed by atoms with Crippen molar-refractivity contribution in [2.75, 3.05) is 52.4 Å². The van der Waals surface area contributed by atoms with Crippen LogP contribution in [-0.2, 0) is 56.4 Å². The first-order valence-electron chi connectivity index (χ1n) is 19.8. The Kier molecular flexibility index (Phi) is 39.2. The van der Waals surface area contributed by atoms with E-state index in [0.717, 1.165) is 29.9 Å². The smallest absolute Gasteiger partial charge is 1.00 e. The Balaban J connectivity index is -0.000000410. The summed E-state index contributed by atoms with van der Waals surface area (Å²) in [5.74, 6) is -2.54. The summed E-state index contributed by atoms with van der Waals surface area (Å²) < 4.78 is 150. The van der Waals surface area contributed by atoms with E-state index in [2.05, 4.69) is 66.1 Å². The van der Waals surface area contributed by atoms with E-state index in [4.69, 9.17) is 28.1 Å². The Bertz CT molecular complexity index is 2140. The SMILES string of the molecule is C[CH-]C.ClCc1cc(Br)ccc1I.O=C(CC(F)(F)F)N1CC2(C1)OCc1cc(Br)ccc12.O=C(Cl)CC(F)(F)F.O=C1CN(C(=O)CC(F)(F)F)C1.O=C1CN(C(=O)CC(F)(F)F)C1.O=C1CN(Cl)C1.[Cl-].[Cl-].[Li+].[Mg+2]. The number of carbonyl (C=O) groups is 7. The molecule has 0 N–H and O–H groups in total. The standard InChI is InChI=1S/C13H11BrF3NO2.C7H5BrClI.2C6H6F3NO2.C3H2ClF3O.C3H4ClNO.C3H7.2ClH.Li.Mg/c14-9-1-2-10-8(3-9)5-20-12(10)6-18(7-12)11(19)4-13(15,16)17;8-6-1-2-7(10)5(3-6)4-9;2*7-6(8,9)1-5(12)10-2-4(11)3-10;4-2(8)1-3(5,6)7;4-5-1-3(6)2-5;1-3-2;;;;/h1-3H,4-7H2;1-3H,4H2;2*1-3H2;1H2;1-2H2;3H,1-2H3;2*1H;;/q;;;;;;-1;;;+1;+2/p-2. The summed E-state index contributed by atoms with van der Waals surface area (Å²) in [5, 5.41) is -1.38. The van der Waals surface area contributed by atoms with Gasteiger partial charge in [0.05, 0.1) is 59.0 Å². The number of alkyl halides is 13. The molecule has 0 bridgehead atoms. The monoisotopic (exact) mass is 1440 g/mol. The Hall–Kier alpha value is -0.886. The van der Waals surface area contributed by atoms with Gasteiger partial charge in [0.15, 0.2) is 17.3 Å². The van der Waals surface area contributed by atoms with E-state index in [9.17, 15) is 86.2 Å². The minimum Gasteiger partial charge on any atom is -1.00 e. The fourth-order valence-electron chi connectivity index (χ4n) is 5.53. The molecule has 3 amide bonds. The van der Waals surface area contributed by atoms with Crippen molar-refractivity contribution in [1.29, 1.82) is 0 Å². The number of benzene rings is 2. The maximum atomic E-state index is 12.2. The Morgan fingerprint density at radius 1 is 0.653 bits per heavy atom. The van der Waals surface area contributed by atoms with Crippen molar-refractivity contribution >= 4 is 153 Å². The van der Waals surface area contributed by atoms with Gasteiger partial charge in [0.25, 0.3) is 0 Å². The van der Waals surface area contributed by atoms with Crippen molar-refractivity contribution in [3.8, 4) is 0 Å². The molecule has 416 valence electrons. The van der Waals surface area contributed by atoms with Crippen LogP contribution >= 0.6 is 89.4 Å². The number of carbonyl (C=O) groups excluding carboxylic acids is 7. The number of hydrogen-bond donors (Lipinski definition) is 0. The summed E-state index contributed by atoms with van der Waals surface area (Å²) in [4.78, 5) is 75.8. The predicted molar refractivity (Wildman–Crippen MR) is 254 cm³/mol. The zero-order chi connectivity index (χ0) is 54.9. The van der Waals surface area contributed by atoms with Crippen molar-refractivity contribution in [3.05, 3.63) is 72.0 Å². The van der Waals surface area contributed by atoms with Crippen LogP contribution in [0.25, 0.3) is 0 Å². The summed E-state index contributed by atoms with van der Waals surface area (Å²) in [6, 6.07) is 11.8. The predicted octanol–water partition coefficient (Wildman–Crippen LogP) is 1.05. The van der Waals surface area contributed by atoms with E-state index in [1.54, 1.807) is 0 Å². The Morgan fingerprint density at radius 2 is 1.00 bits per heavy atom. The van der Waals surface area contributed by atoms with E-state index in [1.807, 2.05) is 56.7 Å². The van der Waals surface area contributed by atoms with Crippen LogP contribution in [0.3, 0.4) is 0 Å². The summed E-state index contributed by atoms with van der Waals surface area (Å²) >= 11 is 24.4. The second-order valence-electron chi connectivity index (χ2n) is 15.2. The molecule has 5 aliphatic heterocycles. The molecule has 0 aromatic heterocycles. The van der Waals surface area contributed by atoms with Crippen LogP contribution in [0.5, 0.6) is 0 Å². The van der Waals surface area contributed by atoms with Gasteiger partial charge in [0.1, 0.15) is 31.3 Å². The van der Waals surface area contributed by atoms with E-state index in [-0.39, 0.29) is 123 Å². The number of Topliss-reactive ketones (excluding diaryl/α,β-unsaturated/α-hetero) is 3. The van der Waals surface area contributed by atoms with Gasteiger partial charge in [-0.15, -0.1) is 11.6 Å². The second-order valence-corrected chi connectivity index (χ2v) is 19.4. The average molecular weight is 1440 g/mol. The van der Waals surface area contributed by atoms with Crippen molar-refractivity contribution in [3.63, 3.8) is 0 Å². The van der Waals surface area contributed by atoms with Crippen LogP contribution in [0.1, 0.15) is 56.2 Å². The minimum atomic E-state index is -4.48. The van der Waals surface area contributed by atoms with Crippen LogP contribution in [0.4, 0.5) is 52.7 Å². The molecule has 0 saturated carbocycles. The molecule has 0 aliphatic carbocycles. The number of amides is 3. The van der Waals surface area contributed by atoms with E-state index in [0.29, 0.717) is 25.6 Å². The molecule has 0 radical (unpaired) electrons. The van der Waals surface area contributed by atoms with Gasteiger partial charge in [-0.3, -0.25) is 33.6 Å². The number of rotatable bonds is 5. The number of likely N-dealkylation sites (tertiary alicyclic amines) is 3. The van der Waals surface area contributed by atoms with Crippen LogP contribution in [-0.4, -0.2) is 160 Å². The molecule has 12 nitrogen and oxygen atoms in total. The largest absolute Gasteiger partial charge is 2.00 e. The maximum Gasteiger partial charge on any atom is 2.00 e. The third-order valence-corrected chi connectivity index (χ3v) is 11.4. The third kappa shape index (κ3) is 33.5. The van der Waals surface area contributed by atoms with Crippen molar-refractivity contribution < 1.29 is 135 Å². The number of ketones is 3. The van der Waals surface area contributed by atoms with Gasteiger partial charge in [-0.1, -0.05) is 37.9 Å². The van der Waals surface area contributed by atoms with Gasteiger partial charge in [-0.05, 0) is 93.0 Å². The molecule has 0 unspecified atom stereocenters. The number of ether oxygens (including phenoxy) is 1. The van der Waals surface area contributed by atoms with E-state index >= 15 is 0 Å². The van der Waals surface area contributed by atoms with Crippen LogP contribution in [0.2, 0.25) is 0 Å². The molecule has 2 aromatic carbocycles. The average Bonchev–Trinajstić information content (AvgIpc) is 3.53. The third-order valence-electron chi connectivity index (χ3n) is 8.72. The number of halogens is 20. The van der Waals surface area contributed by atoms with Crippen molar-refractivity contribution in [1.82, 2.24) is 19.1 Å². The second kappa shape index (κ2) is 36.5. The Labute approximate surface area is 508 Å².